The van der Waals surface area contributed by atoms with Gasteiger partial charge in [0.05, 0.1) is 6.04 Å². The lowest BCUT2D eigenvalue weighted by Crippen LogP contribution is -2.46. The largest absolute Gasteiger partial charge is 0.354 e. The van der Waals surface area contributed by atoms with Gasteiger partial charge < -0.3 is 9.80 Å². The van der Waals surface area contributed by atoms with Crippen molar-refractivity contribution >= 4 is 11.7 Å². The highest BCUT2D eigenvalue weighted by molar-refractivity contribution is 5.78. The van der Waals surface area contributed by atoms with Gasteiger partial charge in [0.25, 0.3) is 0 Å². The predicted octanol–water partition coefficient (Wildman–Crippen LogP) is 3.19. The number of hydrogen-bond donors (Lipinski definition) is 0. The maximum Gasteiger partial charge on any atom is 0.224 e. The monoisotopic (exact) mass is 356 g/mol. The van der Waals surface area contributed by atoms with Gasteiger partial charge in [-0.15, -0.1) is 0 Å². The second-order valence-corrected chi connectivity index (χ2v) is 7.12. The first-order valence-corrected chi connectivity index (χ1v) is 9.02. The smallest absolute Gasteiger partial charge is 0.224 e. The van der Waals surface area contributed by atoms with Crippen molar-refractivity contribution in [3.05, 3.63) is 53.7 Å². The van der Waals surface area contributed by atoms with E-state index in [-0.39, 0.29) is 17.8 Å². The Bertz CT molecular complexity index is 763. The van der Waals surface area contributed by atoms with Crippen molar-refractivity contribution in [2.75, 3.05) is 18.0 Å². The van der Waals surface area contributed by atoms with Crippen molar-refractivity contribution in [3.63, 3.8) is 0 Å². The van der Waals surface area contributed by atoms with Crippen LogP contribution in [0, 0.1) is 18.7 Å². The summed E-state index contributed by atoms with van der Waals surface area (Å²) in [5, 5.41) is 0. The molecule has 0 saturated carbocycles. The molecule has 26 heavy (non-hydrogen) atoms. The highest BCUT2D eigenvalue weighted by Gasteiger charge is 2.32. The molecule has 1 saturated heterocycles. The quantitative estimate of drug-likeness (QED) is 0.844. The SMILES string of the molecule is Cc1nccc(N2CCC(=O)N(Cc3ccc(F)cc3)[C@@H](C(C)C)C2)n1. The topological polar surface area (TPSA) is 49.3 Å². The molecule has 1 aromatic heterocycles. The Morgan fingerprint density at radius 3 is 2.62 bits per heavy atom. The van der Waals surface area contributed by atoms with Crippen LogP contribution in [0.1, 0.15) is 31.7 Å². The number of aromatic nitrogens is 2. The minimum absolute atomic E-state index is 0.0605. The molecule has 2 aromatic rings. The molecular weight excluding hydrogens is 331 g/mol. The van der Waals surface area contributed by atoms with E-state index >= 15 is 0 Å². The normalized spacial score (nSPS) is 18.3. The van der Waals surface area contributed by atoms with Crippen LogP contribution in [0.3, 0.4) is 0 Å². The van der Waals surface area contributed by atoms with Gasteiger partial charge in [0.2, 0.25) is 5.91 Å². The Balaban J connectivity index is 1.85. The molecule has 138 valence electrons. The maximum atomic E-state index is 13.2. The van der Waals surface area contributed by atoms with Crippen LogP contribution < -0.4 is 4.90 Å². The summed E-state index contributed by atoms with van der Waals surface area (Å²) in [4.78, 5) is 25.6. The van der Waals surface area contributed by atoms with E-state index in [9.17, 15) is 9.18 Å². The third-order valence-corrected chi connectivity index (χ3v) is 4.84. The maximum absolute atomic E-state index is 13.2. The van der Waals surface area contributed by atoms with Gasteiger partial charge in [-0.3, -0.25) is 4.79 Å². The van der Waals surface area contributed by atoms with Crippen LogP contribution in [0.25, 0.3) is 0 Å². The number of amides is 1. The highest BCUT2D eigenvalue weighted by atomic mass is 19.1. The summed E-state index contributed by atoms with van der Waals surface area (Å²) in [7, 11) is 0. The zero-order valence-corrected chi connectivity index (χ0v) is 15.5. The summed E-state index contributed by atoms with van der Waals surface area (Å²) in [5.41, 5.74) is 0.941. The first-order valence-electron chi connectivity index (χ1n) is 9.02. The van der Waals surface area contributed by atoms with Crippen LogP contribution in [0.5, 0.6) is 0 Å². The van der Waals surface area contributed by atoms with Gasteiger partial charge in [-0.1, -0.05) is 26.0 Å². The number of aryl methyl sites for hydroxylation is 1. The Kier molecular flexibility index (Phi) is 5.49. The summed E-state index contributed by atoms with van der Waals surface area (Å²) in [5.74, 6) is 1.74. The number of nitrogens with zero attached hydrogens (tertiary/aromatic N) is 4. The fourth-order valence-corrected chi connectivity index (χ4v) is 3.37. The van der Waals surface area contributed by atoms with Crippen LogP contribution in [0.4, 0.5) is 10.2 Å². The molecule has 6 heteroatoms. The van der Waals surface area contributed by atoms with Crippen molar-refractivity contribution in [2.45, 2.75) is 39.8 Å². The molecule has 1 amide bonds. The van der Waals surface area contributed by atoms with E-state index < -0.39 is 0 Å². The fourth-order valence-electron chi connectivity index (χ4n) is 3.37. The second-order valence-electron chi connectivity index (χ2n) is 7.12. The number of halogens is 1. The van der Waals surface area contributed by atoms with Crippen molar-refractivity contribution in [2.24, 2.45) is 5.92 Å². The predicted molar refractivity (Wildman–Crippen MR) is 99.2 cm³/mol. The average molecular weight is 356 g/mol. The van der Waals surface area contributed by atoms with Gasteiger partial charge in [0.15, 0.2) is 0 Å². The molecule has 2 heterocycles. The first kappa shape index (κ1) is 18.3. The number of carbonyl (C=O) groups is 1. The Morgan fingerprint density at radius 1 is 1.23 bits per heavy atom. The van der Waals surface area contributed by atoms with Gasteiger partial charge in [-0.25, -0.2) is 14.4 Å². The van der Waals surface area contributed by atoms with Gasteiger partial charge in [-0.05, 0) is 36.6 Å². The number of benzene rings is 1. The minimum Gasteiger partial charge on any atom is -0.354 e. The molecule has 1 aromatic carbocycles. The summed E-state index contributed by atoms with van der Waals surface area (Å²) in [6, 6.07) is 8.33. The summed E-state index contributed by atoms with van der Waals surface area (Å²) in [6.07, 6.45) is 2.19. The molecule has 0 radical (unpaired) electrons. The van der Waals surface area contributed by atoms with Gasteiger partial charge in [0.1, 0.15) is 17.5 Å². The standard InChI is InChI=1S/C20H25FN4O/c1-14(2)18-13-24(19-8-10-22-15(3)23-19)11-9-20(26)25(18)12-16-4-6-17(21)7-5-16/h4-8,10,14,18H,9,11-13H2,1-3H3/t18-/m1/s1. The van der Waals surface area contributed by atoms with Crippen molar-refractivity contribution in [3.8, 4) is 0 Å². The summed E-state index contributed by atoms with van der Waals surface area (Å²) < 4.78 is 13.2. The first-order chi connectivity index (χ1) is 12.4. The third-order valence-electron chi connectivity index (χ3n) is 4.84. The van der Waals surface area contributed by atoms with E-state index in [1.54, 1.807) is 18.3 Å². The molecule has 1 aliphatic rings. The lowest BCUT2D eigenvalue weighted by Gasteiger charge is -2.35. The number of carbonyl (C=O) groups excluding carboxylic acids is 1. The molecule has 0 aliphatic carbocycles. The molecule has 0 N–H and O–H groups in total. The third kappa shape index (κ3) is 4.18. The fraction of sp³-hybridized carbons (Fsp3) is 0.450. The molecule has 1 fully saturated rings. The summed E-state index contributed by atoms with van der Waals surface area (Å²) in [6.45, 7) is 7.99. The lowest BCUT2D eigenvalue weighted by atomic mass is 10.0. The second kappa shape index (κ2) is 7.81. The van der Waals surface area contributed by atoms with Gasteiger partial charge in [0, 0.05) is 32.3 Å². The van der Waals surface area contributed by atoms with E-state index in [1.165, 1.54) is 12.1 Å². The summed E-state index contributed by atoms with van der Waals surface area (Å²) >= 11 is 0. The molecule has 0 unspecified atom stereocenters. The molecule has 3 rings (SSSR count). The molecule has 0 spiro atoms. The highest BCUT2D eigenvalue weighted by Crippen LogP contribution is 2.23. The number of hydrogen-bond acceptors (Lipinski definition) is 4. The van der Waals surface area contributed by atoms with E-state index in [0.29, 0.717) is 25.4 Å². The lowest BCUT2D eigenvalue weighted by molar-refractivity contribution is -0.134. The average Bonchev–Trinajstić information content (AvgIpc) is 2.77. The van der Waals surface area contributed by atoms with Crippen LogP contribution in [-0.2, 0) is 11.3 Å². The molecule has 5 nitrogen and oxygen atoms in total. The van der Waals surface area contributed by atoms with Crippen molar-refractivity contribution in [1.82, 2.24) is 14.9 Å². The Morgan fingerprint density at radius 2 is 1.96 bits per heavy atom. The molecule has 1 atom stereocenters. The van der Waals surface area contributed by atoms with Crippen molar-refractivity contribution < 1.29 is 9.18 Å². The van der Waals surface area contributed by atoms with E-state index in [0.717, 1.165) is 23.8 Å². The number of rotatable bonds is 4. The van der Waals surface area contributed by atoms with Crippen LogP contribution in [0.15, 0.2) is 36.5 Å². The van der Waals surface area contributed by atoms with E-state index in [1.807, 2.05) is 17.9 Å². The van der Waals surface area contributed by atoms with Crippen LogP contribution in [-0.4, -0.2) is 39.9 Å². The van der Waals surface area contributed by atoms with Crippen LogP contribution >= 0.6 is 0 Å². The van der Waals surface area contributed by atoms with E-state index in [4.69, 9.17) is 0 Å². The van der Waals surface area contributed by atoms with Crippen LogP contribution in [0.2, 0.25) is 0 Å². The molecule has 1 aliphatic heterocycles. The molecule has 0 bridgehead atoms. The Hall–Kier alpha value is -2.50. The zero-order chi connectivity index (χ0) is 18.7. The van der Waals surface area contributed by atoms with Gasteiger partial charge in [-0.2, -0.15) is 0 Å². The van der Waals surface area contributed by atoms with Crippen molar-refractivity contribution in [1.29, 1.82) is 0 Å². The minimum atomic E-state index is -0.262. The van der Waals surface area contributed by atoms with Gasteiger partial charge >= 0.3 is 0 Å². The zero-order valence-electron chi connectivity index (χ0n) is 15.5. The Labute approximate surface area is 153 Å². The van der Waals surface area contributed by atoms with E-state index in [2.05, 4.69) is 28.7 Å². The molecular formula is C20H25FN4O. The number of anilines is 1.